The molecular formula is C12H11BrClFN4. The van der Waals surface area contributed by atoms with Crippen LogP contribution in [-0.2, 0) is 0 Å². The average Bonchev–Trinajstić information content (AvgIpc) is 2.38. The Labute approximate surface area is 123 Å². The van der Waals surface area contributed by atoms with E-state index in [0.29, 0.717) is 23.2 Å². The van der Waals surface area contributed by atoms with Crippen molar-refractivity contribution >= 4 is 45.0 Å². The number of aromatic nitrogens is 2. The summed E-state index contributed by atoms with van der Waals surface area (Å²) in [7, 11) is 0. The van der Waals surface area contributed by atoms with E-state index in [-0.39, 0.29) is 5.82 Å². The van der Waals surface area contributed by atoms with Crippen molar-refractivity contribution in [3.8, 4) is 0 Å². The van der Waals surface area contributed by atoms with Crippen molar-refractivity contribution in [3.63, 3.8) is 0 Å². The van der Waals surface area contributed by atoms with E-state index in [2.05, 4.69) is 36.5 Å². The number of nitrogens with zero attached hydrogens (tertiary/aromatic N) is 2. The van der Waals surface area contributed by atoms with Gasteiger partial charge in [0.1, 0.15) is 0 Å². The van der Waals surface area contributed by atoms with Gasteiger partial charge in [0.25, 0.3) is 0 Å². The van der Waals surface area contributed by atoms with E-state index >= 15 is 0 Å². The van der Waals surface area contributed by atoms with Gasteiger partial charge in [-0.05, 0) is 41.1 Å². The van der Waals surface area contributed by atoms with Crippen LogP contribution in [0.4, 0.5) is 21.8 Å². The molecule has 0 aliphatic heterocycles. The lowest BCUT2D eigenvalue weighted by Crippen LogP contribution is -2.05. The largest absolute Gasteiger partial charge is 0.354 e. The Hall–Kier alpha value is -1.40. The van der Waals surface area contributed by atoms with Crippen molar-refractivity contribution in [3.05, 3.63) is 39.7 Å². The maximum Gasteiger partial charge on any atom is 0.224 e. The highest BCUT2D eigenvalue weighted by molar-refractivity contribution is 9.10. The lowest BCUT2D eigenvalue weighted by molar-refractivity contribution is 0.619. The zero-order chi connectivity index (χ0) is 13.8. The van der Waals surface area contributed by atoms with Gasteiger partial charge in [0, 0.05) is 16.7 Å². The van der Waals surface area contributed by atoms with Crippen molar-refractivity contribution < 1.29 is 4.39 Å². The lowest BCUT2D eigenvalue weighted by Gasteiger charge is -2.09. The van der Waals surface area contributed by atoms with Gasteiger partial charge in [0.15, 0.2) is 11.6 Å². The Bertz CT molecular complexity index is 594. The van der Waals surface area contributed by atoms with Crippen LogP contribution in [0.1, 0.15) is 6.92 Å². The fraction of sp³-hybridized carbons (Fsp3) is 0.167. The molecule has 1 aromatic heterocycles. The summed E-state index contributed by atoms with van der Waals surface area (Å²) < 4.78 is 14.4. The van der Waals surface area contributed by atoms with E-state index in [1.54, 1.807) is 18.2 Å². The van der Waals surface area contributed by atoms with Crippen molar-refractivity contribution in [1.82, 2.24) is 9.97 Å². The van der Waals surface area contributed by atoms with E-state index in [9.17, 15) is 4.39 Å². The molecule has 2 aromatic rings. The second-order valence-corrected chi connectivity index (χ2v) is 4.94. The van der Waals surface area contributed by atoms with Crippen molar-refractivity contribution in [2.24, 2.45) is 0 Å². The third-order valence-corrected chi connectivity index (χ3v) is 3.49. The van der Waals surface area contributed by atoms with Gasteiger partial charge in [0.2, 0.25) is 5.95 Å². The van der Waals surface area contributed by atoms with Crippen LogP contribution in [-0.4, -0.2) is 16.5 Å². The van der Waals surface area contributed by atoms with E-state index < -0.39 is 5.82 Å². The first kappa shape index (κ1) is 14.0. The number of hydrogen-bond donors (Lipinski definition) is 2. The SMILES string of the molecule is CCNc1ncc(F)c(Nc2ccc(Br)c(Cl)c2)n1. The van der Waals surface area contributed by atoms with Crippen LogP contribution in [0.5, 0.6) is 0 Å². The van der Waals surface area contributed by atoms with Gasteiger partial charge < -0.3 is 10.6 Å². The van der Waals surface area contributed by atoms with Crippen LogP contribution in [0.2, 0.25) is 5.02 Å². The Balaban J connectivity index is 2.26. The number of nitrogens with one attached hydrogen (secondary N) is 2. The number of benzene rings is 1. The summed E-state index contributed by atoms with van der Waals surface area (Å²) in [4.78, 5) is 7.88. The Morgan fingerprint density at radius 2 is 2.21 bits per heavy atom. The van der Waals surface area contributed by atoms with Gasteiger partial charge >= 0.3 is 0 Å². The molecule has 0 fully saturated rings. The van der Waals surface area contributed by atoms with Crippen molar-refractivity contribution in [2.75, 3.05) is 17.2 Å². The number of halogens is 3. The molecule has 0 saturated carbocycles. The minimum Gasteiger partial charge on any atom is -0.354 e. The molecule has 7 heteroatoms. The molecule has 4 nitrogen and oxygen atoms in total. The smallest absolute Gasteiger partial charge is 0.224 e. The molecule has 0 bridgehead atoms. The van der Waals surface area contributed by atoms with Crippen LogP contribution >= 0.6 is 27.5 Å². The quantitative estimate of drug-likeness (QED) is 0.871. The highest BCUT2D eigenvalue weighted by atomic mass is 79.9. The summed E-state index contributed by atoms with van der Waals surface area (Å²) in [6, 6.07) is 5.22. The van der Waals surface area contributed by atoms with Gasteiger partial charge in [-0.2, -0.15) is 4.98 Å². The lowest BCUT2D eigenvalue weighted by atomic mass is 10.3. The van der Waals surface area contributed by atoms with Gasteiger partial charge in [-0.25, -0.2) is 9.37 Å². The number of rotatable bonds is 4. The Kier molecular flexibility index (Phi) is 4.55. The predicted molar refractivity (Wildman–Crippen MR) is 78.6 cm³/mol. The van der Waals surface area contributed by atoms with Gasteiger partial charge in [-0.3, -0.25) is 0 Å². The highest BCUT2D eigenvalue weighted by Crippen LogP contribution is 2.27. The molecule has 19 heavy (non-hydrogen) atoms. The first-order valence-corrected chi connectivity index (χ1v) is 6.75. The number of anilines is 3. The summed E-state index contributed by atoms with van der Waals surface area (Å²) in [6.45, 7) is 2.57. The topological polar surface area (TPSA) is 49.8 Å². The molecule has 0 atom stereocenters. The second-order valence-electron chi connectivity index (χ2n) is 3.67. The molecule has 2 rings (SSSR count). The van der Waals surface area contributed by atoms with E-state index in [1.165, 1.54) is 0 Å². The molecular weight excluding hydrogens is 335 g/mol. The minimum absolute atomic E-state index is 0.101. The van der Waals surface area contributed by atoms with Crippen molar-refractivity contribution in [1.29, 1.82) is 0 Å². The van der Waals surface area contributed by atoms with Gasteiger partial charge in [-0.1, -0.05) is 11.6 Å². The first-order chi connectivity index (χ1) is 9.10. The predicted octanol–water partition coefficient (Wildman–Crippen LogP) is 4.21. The normalized spacial score (nSPS) is 10.3. The van der Waals surface area contributed by atoms with Crippen LogP contribution in [0, 0.1) is 5.82 Å². The molecule has 0 saturated heterocycles. The average molecular weight is 346 g/mol. The molecule has 0 radical (unpaired) electrons. The van der Waals surface area contributed by atoms with E-state index in [4.69, 9.17) is 11.6 Å². The van der Waals surface area contributed by atoms with Gasteiger partial charge in [-0.15, -0.1) is 0 Å². The monoisotopic (exact) mass is 344 g/mol. The van der Waals surface area contributed by atoms with Gasteiger partial charge in [0.05, 0.1) is 11.2 Å². The fourth-order valence-corrected chi connectivity index (χ4v) is 1.84. The molecule has 0 aliphatic carbocycles. The summed E-state index contributed by atoms with van der Waals surface area (Å²) in [6.07, 6.45) is 1.12. The molecule has 0 spiro atoms. The maximum atomic E-state index is 13.6. The molecule has 1 aromatic carbocycles. The van der Waals surface area contributed by atoms with Crippen LogP contribution in [0.15, 0.2) is 28.9 Å². The molecule has 0 unspecified atom stereocenters. The molecule has 100 valence electrons. The fourth-order valence-electron chi connectivity index (χ4n) is 1.41. The Morgan fingerprint density at radius 3 is 2.89 bits per heavy atom. The summed E-state index contributed by atoms with van der Waals surface area (Å²) in [5.74, 6) is -0.0559. The molecule has 0 aliphatic rings. The maximum absolute atomic E-state index is 13.6. The minimum atomic E-state index is -0.527. The summed E-state index contributed by atoms with van der Waals surface area (Å²) >= 11 is 9.27. The third-order valence-electron chi connectivity index (χ3n) is 2.26. The second kappa shape index (κ2) is 6.16. The van der Waals surface area contributed by atoms with Crippen LogP contribution in [0.3, 0.4) is 0 Å². The van der Waals surface area contributed by atoms with E-state index in [1.807, 2.05) is 6.92 Å². The summed E-state index contributed by atoms with van der Waals surface area (Å²) in [5.41, 5.74) is 0.647. The first-order valence-electron chi connectivity index (χ1n) is 5.58. The zero-order valence-electron chi connectivity index (χ0n) is 10.0. The highest BCUT2D eigenvalue weighted by Gasteiger charge is 2.08. The van der Waals surface area contributed by atoms with Crippen LogP contribution in [0.25, 0.3) is 0 Å². The third kappa shape index (κ3) is 3.54. The number of hydrogen-bond acceptors (Lipinski definition) is 4. The van der Waals surface area contributed by atoms with E-state index in [0.717, 1.165) is 10.7 Å². The summed E-state index contributed by atoms with van der Waals surface area (Å²) in [5, 5.41) is 6.32. The van der Waals surface area contributed by atoms with Crippen LogP contribution < -0.4 is 10.6 Å². The van der Waals surface area contributed by atoms with Crippen molar-refractivity contribution in [2.45, 2.75) is 6.92 Å². The molecule has 1 heterocycles. The standard InChI is InChI=1S/C12H11BrClFN4/c1-2-16-12-17-6-10(15)11(19-12)18-7-3-4-8(13)9(14)5-7/h3-6H,2H2,1H3,(H2,16,17,18,19). The Morgan fingerprint density at radius 1 is 1.42 bits per heavy atom. The molecule has 0 amide bonds. The zero-order valence-corrected chi connectivity index (χ0v) is 12.4. The molecule has 2 N–H and O–H groups in total.